The van der Waals surface area contributed by atoms with Crippen molar-refractivity contribution in [2.24, 2.45) is 56.4 Å². The number of carbonyl (C=O) groups is 9. The van der Waals surface area contributed by atoms with Crippen LogP contribution in [-0.4, -0.2) is 155 Å². The molecule has 0 rings (SSSR count). The van der Waals surface area contributed by atoms with Crippen LogP contribution in [0.15, 0.2) is 9.98 Å². The van der Waals surface area contributed by atoms with E-state index < -0.39 is 120 Å². The Morgan fingerprint density at radius 2 is 0.928 bits per heavy atom. The molecular formula is C41H77N15O10S3. The molecule has 0 aromatic heterocycles. The molecule has 0 aliphatic rings. The van der Waals surface area contributed by atoms with Crippen LogP contribution in [0.25, 0.3) is 0 Å². The minimum atomic E-state index is -1.33. The van der Waals surface area contributed by atoms with Crippen molar-refractivity contribution < 1.29 is 48.3 Å². The third kappa shape index (κ3) is 25.3. The van der Waals surface area contributed by atoms with Crippen LogP contribution in [0, 0.1) is 17.8 Å². The van der Waals surface area contributed by atoms with E-state index in [2.05, 4.69) is 90.4 Å². The average molecular weight is 1040 g/mol. The third-order valence-electron chi connectivity index (χ3n) is 10.7. The topological polar surface area (TPSA) is 425 Å². The molecule has 0 unspecified atom stereocenters. The lowest BCUT2D eigenvalue weighted by molar-refractivity contribution is -0.142. The van der Waals surface area contributed by atoms with Crippen LogP contribution in [0.4, 0.5) is 0 Å². The van der Waals surface area contributed by atoms with Crippen molar-refractivity contribution in [2.45, 2.75) is 135 Å². The summed E-state index contributed by atoms with van der Waals surface area (Å²) in [6.07, 6.45) is 1.73. The number of aliphatic imine (C=N–C) groups is 2. The zero-order valence-corrected chi connectivity index (χ0v) is 43.0. The molecule has 19 N–H and O–H groups in total. The smallest absolute Gasteiger partial charge is 0.327 e. The number of guanidine groups is 2. The predicted molar refractivity (Wildman–Crippen MR) is 272 cm³/mol. The number of nitrogens with zero attached hydrogens (tertiary/aromatic N) is 2. The second-order valence-electron chi connectivity index (χ2n) is 16.8. The van der Waals surface area contributed by atoms with Gasteiger partial charge in [-0.05, 0) is 49.9 Å². The summed E-state index contributed by atoms with van der Waals surface area (Å²) in [6, 6.07) is -9.66. The summed E-state index contributed by atoms with van der Waals surface area (Å²) in [4.78, 5) is 127. The first-order valence-electron chi connectivity index (χ1n) is 22.7. The number of hydrogen-bond donors (Lipinski definition) is 17. The summed E-state index contributed by atoms with van der Waals surface area (Å²) in [5, 5.41) is 29.8. The molecule has 28 heteroatoms. The summed E-state index contributed by atoms with van der Waals surface area (Å²) in [5.74, 6) is -9.32. The molecule has 10 atom stereocenters. The van der Waals surface area contributed by atoms with Crippen molar-refractivity contribution in [3.8, 4) is 0 Å². The van der Waals surface area contributed by atoms with Gasteiger partial charge in [0.15, 0.2) is 11.9 Å². The highest BCUT2D eigenvalue weighted by Crippen LogP contribution is 2.13. The molecular weight excluding hydrogens is 959 g/mol. The number of nitrogens with two attached hydrogens (primary N) is 5. The van der Waals surface area contributed by atoms with Gasteiger partial charge < -0.3 is 76.3 Å². The van der Waals surface area contributed by atoms with Crippen molar-refractivity contribution in [2.75, 3.05) is 36.9 Å². The molecule has 0 saturated carbocycles. The SMILES string of the molecule is CC[C@H](C)[C@H](NC(=O)[C@H](CCCN=C(N)N)NC(=O)[C@H](CC(C)C)NC(=O)CNC(=O)[C@H](CS)NC(=O)[C@@H](NC(=O)[C@H](CS)NC(=O)[C@@H](N)CCCN=C(N)N)[C@@H](C)CC)C(=O)N[C@@H](CS)C(=O)O. The van der Waals surface area contributed by atoms with Crippen molar-refractivity contribution in [3.05, 3.63) is 0 Å². The minimum Gasteiger partial charge on any atom is -0.480 e. The molecule has 8 amide bonds. The third-order valence-corrected chi connectivity index (χ3v) is 11.8. The molecule has 25 nitrogen and oxygen atoms in total. The number of rotatable bonds is 34. The van der Waals surface area contributed by atoms with E-state index in [1.54, 1.807) is 41.5 Å². The predicted octanol–water partition coefficient (Wildman–Crippen LogP) is -4.06. The van der Waals surface area contributed by atoms with E-state index >= 15 is 0 Å². The van der Waals surface area contributed by atoms with Crippen molar-refractivity contribution in [1.29, 1.82) is 0 Å². The summed E-state index contributed by atoms with van der Waals surface area (Å²) in [5.41, 5.74) is 27.5. The lowest BCUT2D eigenvalue weighted by Crippen LogP contribution is -2.60. The Morgan fingerprint density at radius 3 is 1.36 bits per heavy atom. The zero-order chi connectivity index (χ0) is 53.0. The molecule has 0 fully saturated rings. The number of thiol groups is 3. The number of carboxylic acids is 1. The molecule has 69 heavy (non-hydrogen) atoms. The molecule has 0 aliphatic carbocycles. The van der Waals surface area contributed by atoms with Crippen molar-refractivity contribution in [3.63, 3.8) is 0 Å². The monoisotopic (exact) mass is 1040 g/mol. The van der Waals surface area contributed by atoms with Gasteiger partial charge in [-0.1, -0.05) is 54.4 Å². The first-order valence-corrected chi connectivity index (χ1v) is 24.6. The Morgan fingerprint density at radius 1 is 0.522 bits per heavy atom. The van der Waals surface area contributed by atoms with Crippen LogP contribution in [0.3, 0.4) is 0 Å². The molecule has 0 aromatic carbocycles. The van der Waals surface area contributed by atoms with Gasteiger partial charge in [-0.25, -0.2) is 4.79 Å². The highest BCUT2D eigenvalue weighted by Gasteiger charge is 2.35. The minimum absolute atomic E-state index is 0.0148. The average Bonchev–Trinajstić information content (AvgIpc) is 3.29. The fourth-order valence-electron chi connectivity index (χ4n) is 6.22. The summed E-state index contributed by atoms with van der Waals surface area (Å²) in [7, 11) is 0. The number of amides is 8. The number of nitrogens with one attached hydrogen (secondary N) is 8. The van der Waals surface area contributed by atoms with E-state index in [1.165, 1.54) is 0 Å². The van der Waals surface area contributed by atoms with Crippen LogP contribution in [0.5, 0.6) is 0 Å². The van der Waals surface area contributed by atoms with E-state index in [1.807, 2.05) is 0 Å². The van der Waals surface area contributed by atoms with Crippen LogP contribution >= 0.6 is 37.9 Å². The van der Waals surface area contributed by atoms with Gasteiger partial charge in [0.1, 0.15) is 42.3 Å². The quantitative estimate of drug-likeness (QED) is 0.0126. The highest BCUT2D eigenvalue weighted by atomic mass is 32.1. The Kier molecular flexibility index (Phi) is 31.6. The lowest BCUT2D eigenvalue weighted by atomic mass is 9.97. The second kappa shape index (κ2) is 34.1. The molecule has 0 aliphatic heterocycles. The first-order chi connectivity index (χ1) is 32.4. The van der Waals surface area contributed by atoms with E-state index in [0.29, 0.717) is 19.3 Å². The van der Waals surface area contributed by atoms with Crippen LogP contribution < -0.4 is 71.2 Å². The number of aliphatic carboxylic acids is 1. The largest absolute Gasteiger partial charge is 0.480 e. The second-order valence-corrected chi connectivity index (χ2v) is 17.9. The zero-order valence-electron chi connectivity index (χ0n) is 40.3. The fraction of sp³-hybridized carbons (Fsp3) is 0.732. The maximum absolute atomic E-state index is 13.8. The number of carbonyl (C=O) groups excluding carboxylic acids is 8. The summed E-state index contributed by atoms with van der Waals surface area (Å²) >= 11 is 12.4. The molecule has 0 bridgehead atoms. The van der Waals surface area contributed by atoms with E-state index in [4.69, 9.17) is 28.7 Å². The van der Waals surface area contributed by atoms with Crippen molar-refractivity contribution in [1.82, 2.24) is 42.5 Å². The van der Waals surface area contributed by atoms with Crippen molar-refractivity contribution >= 4 is 103 Å². The van der Waals surface area contributed by atoms with Gasteiger partial charge >= 0.3 is 5.97 Å². The first kappa shape index (κ1) is 63.8. The molecule has 394 valence electrons. The molecule has 0 heterocycles. The van der Waals surface area contributed by atoms with Crippen LogP contribution in [0.1, 0.15) is 86.5 Å². The highest BCUT2D eigenvalue weighted by molar-refractivity contribution is 7.80. The Balaban J connectivity index is 6.03. The van der Waals surface area contributed by atoms with E-state index in [9.17, 15) is 48.3 Å². The molecule has 0 aromatic rings. The Labute approximate surface area is 420 Å². The maximum atomic E-state index is 13.8. The van der Waals surface area contributed by atoms with Gasteiger partial charge in [-0.3, -0.25) is 48.3 Å². The van der Waals surface area contributed by atoms with Gasteiger partial charge in [-0.2, -0.15) is 37.9 Å². The maximum Gasteiger partial charge on any atom is 0.327 e. The Bertz CT molecular complexity index is 1770. The van der Waals surface area contributed by atoms with Gasteiger partial charge in [0, 0.05) is 30.3 Å². The standard InChI is InChI=1S/C41H77N15O10S3/c1-7-21(5)30(56-36(62)27(18-68)52-32(58)23(42)11-9-13-47-40(43)44)37(63)53-26(17-67)33(59)49-16-29(57)50-25(15-20(3)4)35(61)51-24(12-10-14-48-41(45)46)34(60)55-31(22(6)8-2)38(64)54-28(19-69)39(65)66/h20-28,30-31,67-69H,7-19,42H2,1-6H3,(H,49,59)(H,50,57)(H,51,61)(H,52,58)(H,53,63)(H,54,64)(H,55,60)(H,56,62)(H,65,66)(H4,43,44,47)(H4,45,46,48)/t21-,22-,23-,24-,25-,26-,27-,28-,30-,31-/m0/s1. The number of carboxylic acid groups (broad SMARTS) is 1. The van der Waals surface area contributed by atoms with Gasteiger partial charge in [0.05, 0.1) is 12.6 Å². The lowest BCUT2D eigenvalue weighted by Gasteiger charge is -2.28. The molecule has 0 spiro atoms. The normalized spacial score (nSPS) is 15.3. The van der Waals surface area contributed by atoms with E-state index in [-0.39, 0.29) is 73.9 Å². The Hall–Kier alpha value is -5.22. The van der Waals surface area contributed by atoms with Crippen LogP contribution in [0.2, 0.25) is 0 Å². The fourth-order valence-corrected chi connectivity index (χ4v) is 6.98. The van der Waals surface area contributed by atoms with Gasteiger partial charge in [-0.15, -0.1) is 0 Å². The molecule has 0 radical (unpaired) electrons. The van der Waals surface area contributed by atoms with Crippen LogP contribution in [-0.2, 0) is 43.2 Å². The number of hydrogen-bond acceptors (Lipinski definition) is 15. The summed E-state index contributed by atoms with van der Waals surface area (Å²) < 4.78 is 0. The summed E-state index contributed by atoms with van der Waals surface area (Å²) in [6.45, 7) is 10.2. The molecule has 0 saturated heterocycles. The van der Waals surface area contributed by atoms with E-state index in [0.717, 1.165) is 0 Å². The van der Waals surface area contributed by atoms with Gasteiger partial charge in [0.25, 0.3) is 0 Å². The van der Waals surface area contributed by atoms with Gasteiger partial charge in [0.2, 0.25) is 47.3 Å².